The van der Waals surface area contributed by atoms with Gasteiger partial charge in [-0.05, 0) is 12.1 Å². The molecule has 0 aliphatic heterocycles. The number of ketones is 1. The van der Waals surface area contributed by atoms with Gasteiger partial charge in [-0.2, -0.15) is 0 Å². The molecule has 0 aliphatic rings. The summed E-state index contributed by atoms with van der Waals surface area (Å²) in [6.45, 7) is 0.0193. The molecular formula is C14H13NO3. The molecule has 0 spiro atoms. The van der Waals surface area contributed by atoms with E-state index in [-0.39, 0.29) is 23.8 Å². The van der Waals surface area contributed by atoms with Crippen LogP contribution in [0.4, 0.5) is 0 Å². The Hall–Kier alpha value is -2.33. The summed E-state index contributed by atoms with van der Waals surface area (Å²) in [6.07, 6.45) is 0. The molecule has 4 heteroatoms. The molecule has 2 rings (SSSR count). The Morgan fingerprint density at radius 2 is 1.89 bits per heavy atom. The van der Waals surface area contributed by atoms with Crippen LogP contribution in [-0.4, -0.2) is 17.6 Å². The quantitative estimate of drug-likeness (QED) is 0.635. The fourth-order valence-corrected chi connectivity index (χ4v) is 1.63. The van der Waals surface area contributed by atoms with Crippen molar-refractivity contribution in [2.45, 2.75) is 0 Å². The first-order valence-corrected chi connectivity index (χ1v) is 5.48. The number of phenolic OH excluding ortho intramolecular Hbond substituents is 1. The fourth-order valence-electron chi connectivity index (χ4n) is 1.63. The van der Waals surface area contributed by atoms with Crippen molar-refractivity contribution in [1.82, 2.24) is 0 Å². The van der Waals surface area contributed by atoms with Crippen LogP contribution >= 0.6 is 0 Å². The maximum absolute atomic E-state index is 12.1. The molecule has 0 radical (unpaired) electrons. The van der Waals surface area contributed by atoms with Gasteiger partial charge in [-0.1, -0.05) is 30.3 Å². The van der Waals surface area contributed by atoms with Crippen LogP contribution in [-0.2, 0) is 0 Å². The molecule has 0 bridgehead atoms. The molecular weight excluding hydrogens is 230 g/mol. The number of ether oxygens (including phenoxy) is 1. The Balaban J connectivity index is 2.32. The van der Waals surface area contributed by atoms with Gasteiger partial charge in [0.05, 0.1) is 5.56 Å². The van der Waals surface area contributed by atoms with E-state index in [4.69, 9.17) is 10.5 Å². The second kappa shape index (κ2) is 5.33. The molecule has 4 nitrogen and oxygen atoms in total. The summed E-state index contributed by atoms with van der Waals surface area (Å²) in [5, 5.41) is 9.81. The highest BCUT2D eigenvalue weighted by atomic mass is 16.5. The van der Waals surface area contributed by atoms with Crippen molar-refractivity contribution in [3.63, 3.8) is 0 Å². The Labute approximate surface area is 105 Å². The highest BCUT2D eigenvalue weighted by Gasteiger charge is 2.13. The smallest absolute Gasteiger partial charge is 0.196 e. The molecule has 0 amide bonds. The zero-order valence-electron chi connectivity index (χ0n) is 9.67. The highest BCUT2D eigenvalue weighted by Crippen LogP contribution is 2.25. The monoisotopic (exact) mass is 243 g/mol. The third-order valence-electron chi connectivity index (χ3n) is 2.50. The van der Waals surface area contributed by atoms with Crippen LogP contribution < -0.4 is 10.5 Å². The van der Waals surface area contributed by atoms with E-state index in [2.05, 4.69) is 0 Å². The van der Waals surface area contributed by atoms with Gasteiger partial charge >= 0.3 is 0 Å². The lowest BCUT2D eigenvalue weighted by Crippen LogP contribution is -2.07. The van der Waals surface area contributed by atoms with E-state index < -0.39 is 0 Å². The SMILES string of the molecule is NCOc1ccc(C(=O)c2ccccc2)c(O)c1. The Morgan fingerprint density at radius 3 is 2.50 bits per heavy atom. The average molecular weight is 243 g/mol. The Kier molecular flexibility index (Phi) is 3.60. The first-order chi connectivity index (χ1) is 8.72. The first kappa shape index (κ1) is 12.1. The van der Waals surface area contributed by atoms with Gasteiger partial charge in [0.15, 0.2) is 5.78 Å². The van der Waals surface area contributed by atoms with Gasteiger partial charge in [0, 0.05) is 11.6 Å². The number of hydrogen-bond acceptors (Lipinski definition) is 4. The van der Waals surface area contributed by atoms with Gasteiger partial charge in [-0.25, -0.2) is 0 Å². The molecule has 92 valence electrons. The average Bonchev–Trinajstić information content (AvgIpc) is 2.40. The zero-order valence-corrected chi connectivity index (χ0v) is 9.67. The van der Waals surface area contributed by atoms with Crippen LogP contribution in [0.1, 0.15) is 15.9 Å². The molecule has 0 aromatic heterocycles. The molecule has 2 aromatic carbocycles. The minimum atomic E-state index is -0.229. The molecule has 0 saturated carbocycles. The summed E-state index contributed by atoms with van der Waals surface area (Å²) in [5.41, 5.74) is 6.00. The summed E-state index contributed by atoms with van der Waals surface area (Å²) < 4.78 is 5.03. The third kappa shape index (κ3) is 2.49. The number of benzene rings is 2. The highest BCUT2D eigenvalue weighted by molar-refractivity contribution is 6.10. The number of nitrogens with two attached hydrogens (primary N) is 1. The first-order valence-electron chi connectivity index (χ1n) is 5.48. The zero-order chi connectivity index (χ0) is 13.0. The van der Waals surface area contributed by atoms with Crippen molar-refractivity contribution >= 4 is 5.78 Å². The topological polar surface area (TPSA) is 72.5 Å². The van der Waals surface area contributed by atoms with E-state index in [1.807, 2.05) is 6.07 Å². The lowest BCUT2D eigenvalue weighted by atomic mass is 10.0. The van der Waals surface area contributed by atoms with Gasteiger partial charge in [-0.15, -0.1) is 0 Å². The van der Waals surface area contributed by atoms with E-state index in [0.717, 1.165) is 0 Å². The number of rotatable bonds is 4. The minimum Gasteiger partial charge on any atom is -0.507 e. The number of hydrogen-bond donors (Lipinski definition) is 2. The Bertz CT molecular complexity index is 552. The molecule has 0 unspecified atom stereocenters. The lowest BCUT2D eigenvalue weighted by Gasteiger charge is -2.07. The molecule has 0 heterocycles. The van der Waals surface area contributed by atoms with Crippen LogP contribution in [0.5, 0.6) is 11.5 Å². The number of carbonyl (C=O) groups excluding carboxylic acids is 1. The number of aromatic hydroxyl groups is 1. The summed E-state index contributed by atoms with van der Waals surface area (Å²) in [7, 11) is 0. The molecule has 0 atom stereocenters. The summed E-state index contributed by atoms with van der Waals surface area (Å²) >= 11 is 0. The second-order valence-electron chi connectivity index (χ2n) is 3.69. The predicted molar refractivity (Wildman–Crippen MR) is 67.7 cm³/mol. The fraction of sp³-hybridized carbons (Fsp3) is 0.0714. The summed E-state index contributed by atoms with van der Waals surface area (Å²) in [5.74, 6) is 0.0850. The number of carbonyl (C=O) groups is 1. The maximum Gasteiger partial charge on any atom is 0.196 e. The van der Waals surface area contributed by atoms with Crippen LogP contribution in [0.25, 0.3) is 0 Å². The molecule has 2 aromatic rings. The third-order valence-corrected chi connectivity index (χ3v) is 2.50. The largest absolute Gasteiger partial charge is 0.507 e. The van der Waals surface area contributed by atoms with E-state index in [9.17, 15) is 9.90 Å². The van der Waals surface area contributed by atoms with Crippen LogP contribution in [0.2, 0.25) is 0 Å². The van der Waals surface area contributed by atoms with Crippen molar-refractivity contribution in [3.8, 4) is 11.5 Å². The molecule has 18 heavy (non-hydrogen) atoms. The summed E-state index contributed by atoms with van der Waals surface area (Å²) in [6, 6.07) is 13.3. The van der Waals surface area contributed by atoms with Gasteiger partial charge < -0.3 is 9.84 Å². The van der Waals surface area contributed by atoms with E-state index in [0.29, 0.717) is 11.3 Å². The summed E-state index contributed by atoms with van der Waals surface area (Å²) in [4.78, 5) is 12.1. The van der Waals surface area contributed by atoms with Crippen molar-refractivity contribution < 1.29 is 14.6 Å². The van der Waals surface area contributed by atoms with Gasteiger partial charge in [0.25, 0.3) is 0 Å². The standard InChI is InChI=1S/C14H13NO3/c15-9-18-11-6-7-12(13(16)8-11)14(17)10-4-2-1-3-5-10/h1-8,16H,9,15H2. The molecule has 3 N–H and O–H groups in total. The second-order valence-corrected chi connectivity index (χ2v) is 3.69. The van der Waals surface area contributed by atoms with Crippen LogP contribution in [0, 0.1) is 0 Å². The lowest BCUT2D eigenvalue weighted by molar-refractivity contribution is 0.103. The molecule has 0 saturated heterocycles. The Morgan fingerprint density at radius 1 is 1.17 bits per heavy atom. The van der Waals surface area contributed by atoms with Crippen molar-refractivity contribution in [3.05, 3.63) is 59.7 Å². The predicted octanol–water partition coefficient (Wildman–Crippen LogP) is 1.92. The van der Waals surface area contributed by atoms with Crippen molar-refractivity contribution in [2.24, 2.45) is 5.73 Å². The minimum absolute atomic E-state index is 0.0193. The molecule has 0 aliphatic carbocycles. The van der Waals surface area contributed by atoms with Crippen molar-refractivity contribution in [1.29, 1.82) is 0 Å². The van der Waals surface area contributed by atoms with E-state index in [1.54, 1.807) is 30.3 Å². The molecule has 0 fully saturated rings. The van der Waals surface area contributed by atoms with E-state index >= 15 is 0 Å². The van der Waals surface area contributed by atoms with Crippen molar-refractivity contribution in [2.75, 3.05) is 6.73 Å². The van der Waals surface area contributed by atoms with E-state index in [1.165, 1.54) is 12.1 Å². The van der Waals surface area contributed by atoms with Crippen LogP contribution in [0.15, 0.2) is 48.5 Å². The normalized spacial score (nSPS) is 10.1. The van der Waals surface area contributed by atoms with Gasteiger partial charge in [0.2, 0.25) is 0 Å². The maximum atomic E-state index is 12.1. The van der Waals surface area contributed by atoms with Crippen LogP contribution in [0.3, 0.4) is 0 Å². The number of phenols is 1. The van der Waals surface area contributed by atoms with Gasteiger partial charge in [0.1, 0.15) is 18.2 Å². The van der Waals surface area contributed by atoms with Gasteiger partial charge in [-0.3, -0.25) is 10.5 Å².